The van der Waals surface area contributed by atoms with Crippen molar-refractivity contribution >= 4 is 18.0 Å². The lowest BCUT2D eigenvalue weighted by molar-refractivity contribution is -0.114. The van der Waals surface area contributed by atoms with E-state index in [0.29, 0.717) is 19.3 Å². The molecule has 114 valence electrons. The highest BCUT2D eigenvalue weighted by atomic mass is 16.6. The first-order chi connectivity index (χ1) is 10.1. The molecule has 2 atom stereocenters. The maximum atomic E-state index is 11.9. The van der Waals surface area contributed by atoms with Crippen LogP contribution in [0.4, 0.5) is 5.82 Å². The van der Waals surface area contributed by atoms with Crippen molar-refractivity contribution in [2.45, 2.75) is 32.1 Å². The first kappa shape index (κ1) is 15.3. The van der Waals surface area contributed by atoms with Crippen LogP contribution in [0.3, 0.4) is 0 Å². The number of aromatic nitrogens is 2. The molecule has 1 saturated heterocycles. The molecular weight excluding hydrogens is 278 g/mol. The molecule has 1 fully saturated rings. The van der Waals surface area contributed by atoms with Gasteiger partial charge in [-0.2, -0.15) is 4.98 Å². The average molecular weight is 295 g/mol. The van der Waals surface area contributed by atoms with Crippen LogP contribution in [-0.2, 0) is 19.1 Å². The molecule has 0 saturated carbocycles. The summed E-state index contributed by atoms with van der Waals surface area (Å²) < 4.78 is 12.2. The molecule has 0 aliphatic carbocycles. The molecule has 0 bridgehead atoms. The minimum absolute atomic E-state index is 0.0391. The highest BCUT2D eigenvalue weighted by Gasteiger charge is 2.27. The van der Waals surface area contributed by atoms with Crippen LogP contribution in [0.1, 0.15) is 26.0 Å². The number of hydrogen-bond donors (Lipinski definition) is 1. The van der Waals surface area contributed by atoms with Crippen LogP contribution in [-0.4, -0.2) is 41.1 Å². The van der Waals surface area contributed by atoms with Crippen molar-refractivity contribution in [3.8, 4) is 0 Å². The number of carbonyl (C=O) groups excluding carboxylic acids is 2. The fourth-order valence-electron chi connectivity index (χ4n) is 2.14. The Bertz CT molecular complexity index is 571. The highest BCUT2D eigenvalue weighted by molar-refractivity contribution is 5.87. The van der Waals surface area contributed by atoms with Gasteiger partial charge in [-0.3, -0.25) is 9.36 Å². The van der Waals surface area contributed by atoms with Crippen LogP contribution in [0.2, 0.25) is 0 Å². The van der Waals surface area contributed by atoms with Crippen LogP contribution in [0, 0.1) is 0 Å². The standard InChI is InChI=1S/C13H17N3O5/c1-9(18)14-11-4-5-16(13(19)15-11)12-3-2-10(21-12)8-20-7-6-17/h4-6,10,12H,2-3,7-8H2,1H3,(H,14,15,18,19)/t10-,12+/m0/s1. The Kier molecular flexibility index (Phi) is 5.18. The molecular formula is C13H17N3O5. The molecule has 1 amide bonds. The van der Waals surface area contributed by atoms with Gasteiger partial charge in [0, 0.05) is 13.1 Å². The lowest BCUT2D eigenvalue weighted by Gasteiger charge is -2.15. The number of nitrogens with one attached hydrogen (secondary N) is 1. The van der Waals surface area contributed by atoms with Crippen LogP contribution >= 0.6 is 0 Å². The number of rotatable bonds is 6. The van der Waals surface area contributed by atoms with E-state index in [1.807, 2.05) is 0 Å². The third kappa shape index (κ3) is 4.20. The molecule has 0 spiro atoms. The van der Waals surface area contributed by atoms with Gasteiger partial charge < -0.3 is 19.6 Å². The van der Waals surface area contributed by atoms with Gasteiger partial charge in [0.2, 0.25) is 5.91 Å². The number of amides is 1. The van der Waals surface area contributed by atoms with Gasteiger partial charge in [-0.25, -0.2) is 4.79 Å². The summed E-state index contributed by atoms with van der Waals surface area (Å²) in [6.07, 6.45) is 3.08. The van der Waals surface area contributed by atoms with E-state index < -0.39 is 11.9 Å². The lowest BCUT2D eigenvalue weighted by atomic mass is 10.2. The van der Waals surface area contributed by atoms with Gasteiger partial charge in [0.1, 0.15) is 24.9 Å². The topological polar surface area (TPSA) is 99.5 Å². The summed E-state index contributed by atoms with van der Waals surface area (Å²) in [5, 5.41) is 2.45. The van der Waals surface area contributed by atoms with E-state index in [-0.39, 0.29) is 24.4 Å². The normalized spacial score (nSPS) is 21.2. The lowest BCUT2D eigenvalue weighted by Crippen LogP contribution is -2.28. The Labute approximate surface area is 121 Å². The smallest absolute Gasteiger partial charge is 0.351 e. The molecule has 1 aromatic heterocycles. The minimum atomic E-state index is -0.485. The zero-order chi connectivity index (χ0) is 15.2. The maximum Gasteiger partial charge on any atom is 0.351 e. The molecule has 21 heavy (non-hydrogen) atoms. The fraction of sp³-hybridized carbons (Fsp3) is 0.538. The summed E-state index contributed by atoms with van der Waals surface area (Å²) in [7, 11) is 0. The van der Waals surface area contributed by atoms with Crippen LogP contribution < -0.4 is 11.0 Å². The molecule has 1 N–H and O–H groups in total. The quantitative estimate of drug-likeness (QED) is 0.590. The van der Waals surface area contributed by atoms with Gasteiger partial charge in [-0.15, -0.1) is 0 Å². The van der Waals surface area contributed by atoms with Crippen molar-refractivity contribution in [3.63, 3.8) is 0 Å². The average Bonchev–Trinajstić information content (AvgIpc) is 2.87. The number of aldehydes is 1. The van der Waals surface area contributed by atoms with Crippen molar-refractivity contribution in [1.29, 1.82) is 0 Å². The van der Waals surface area contributed by atoms with E-state index in [2.05, 4.69) is 10.3 Å². The van der Waals surface area contributed by atoms with Gasteiger partial charge in [-0.05, 0) is 18.9 Å². The Hall–Kier alpha value is -2.06. The van der Waals surface area contributed by atoms with Gasteiger partial charge in [-0.1, -0.05) is 0 Å². The second-order valence-corrected chi connectivity index (χ2v) is 4.68. The van der Waals surface area contributed by atoms with E-state index in [1.54, 1.807) is 12.3 Å². The number of hydrogen-bond acceptors (Lipinski definition) is 6. The largest absolute Gasteiger partial charge is 0.371 e. The van der Waals surface area contributed by atoms with Crippen LogP contribution in [0.15, 0.2) is 17.1 Å². The van der Waals surface area contributed by atoms with E-state index in [1.165, 1.54) is 11.5 Å². The third-order valence-electron chi connectivity index (χ3n) is 3.02. The van der Waals surface area contributed by atoms with Crippen LogP contribution in [0.5, 0.6) is 0 Å². The number of carbonyl (C=O) groups is 2. The van der Waals surface area contributed by atoms with E-state index in [0.717, 1.165) is 6.42 Å². The predicted molar refractivity (Wildman–Crippen MR) is 72.8 cm³/mol. The van der Waals surface area contributed by atoms with Gasteiger partial charge in [0.25, 0.3) is 0 Å². The number of ether oxygens (including phenoxy) is 2. The molecule has 1 aromatic rings. The van der Waals surface area contributed by atoms with Gasteiger partial charge in [0.15, 0.2) is 0 Å². The summed E-state index contributed by atoms with van der Waals surface area (Å²) in [5.41, 5.74) is -0.485. The predicted octanol–water partition coefficient (Wildman–Crippen LogP) is 0.0948. The maximum absolute atomic E-state index is 11.9. The van der Waals surface area contributed by atoms with Crippen molar-refractivity contribution in [2.75, 3.05) is 18.5 Å². The molecule has 2 heterocycles. The molecule has 0 unspecified atom stereocenters. The summed E-state index contributed by atoms with van der Waals surface area (Å²) in [5.74, 6) is -0.0724. The zero-order valence-corrected chi connectivity index (χ0v) is 11.7. The summed E-state index contributed by atoms with van der Waals surface area (Å²) >= 11 is 0. The Morgan fingerprint density at radius 3 is 3.10 bits per heavy atom. The molecule has 8 nitrogen and oxygen atoms in total. The van der Waals surface area contributed by atoms with E-state index in [9.17, 15) is 14.4 Å². The Morgan fingerprint density at radius 2 is 2.43 bits per heavy atom. The monoisotopic (exact) mass is 295 g/mol. The minimum Gasteiger partial charge on any atom is -0.371 e. The second-order valence-electron chi connectivity index (χ2n) is 4.68. The zero-order valence-electron chi connectivity index (χ0n) is 11.7. The Balaban J connectivity index is 1.98. The van der Waals surface area contributed by atoms with Crippen molar-refractivity contribution in [3.05, 3.63) is 22.7 Å². The van der Waals surface area contributed by atoms with Crippen molar-refractivity contribution in [2.24, 2.45) is 0 Å². The molecule has 1 aliphatic rings. The molecule has 1 aliphatic heterocycles. The molecule has 0 aromatic carbocycles. The van der Waals surface area contributed by atoms with E-state index >= 15 is 0 Å². The van der Waals surface area contributed by atoms with Gasteiger partial charge >= 0.3 is 5.69 Å². The second kappa shape index (κ2) is 7.09. The summed E-state index contributed by atoms with van der Waals surface area (Å²) in [6.45, 7) is 1.70. The van der Waals surface area contributed by atoms with Crippen molar-refractivity contribution in [1.82, 2.24) is 9.55 Å². The van der Waals surface area contributed by atoms with Gasteiger partial charge in [0.05, 0.1) is 12.7 Å². The third-order valence-corrected chi connectivity index (χ3v) is 3.02. The number of nitrogens with zero attached hydrogens (tertiary/aromatic N) is 2. The number of anilines is 1. The van der Waals surface area contributed by atoms with Crippen molar-refractivity contribution < 1.29 is 19.1 Å². The first-order valence-corrected chi connectivity index (χ1v) is 6.63. The van der Waals surface area contributed by atoms with E-state index in [4.69, 9.17) is 9.47 Å². The molecule has 0 radical (unpaired) electrons. The summed E-state index contributed by atoms with van der Waals surface area (Å²) in [6, 6.07) is 1.54. The summed E-state index contributed by atoms with van der Waals surface area (Å²) in [4.78, 5) is 36.8. The molecule has 2 rings (SSSR count). The fourth-order valence-corrected chi connectivity index (χ4v) is 2.14. The SMILES string of the molecule is CC(=O)Nc1ccn([C@H]2CC[C@@H](COCC=O)O2)c(=O)n1. The highest BCUT2D eigenvalue weighted by Crippen LogP contribution is 2.27. The first-order valence-electron chi connectivity index (χ1n) is 6.63. The van der Waals surface area contributed by atoms with Crippen LogP contribution in [0.25, 0.3) is 0 Å². The Morgan fingerprint density at radius 1 is 1.62 bits per heavy atom. The molecule has 8 heteroatoms.